The number of hydrogen-bond donors (Lipinski definition) is 1. The van der Waals surface area contributed by atoms with Crippen LogP contribution in [0.15, 0.2) is 36.5 Å². The highest BCUT2D eigenvalue weighted by atomic mass is 16.3. The first-order valence-electron chi connectivity index (χ1n) is 7.69. The third kappa shape index (κ3) is 3.01. The van der Waals surface area contributed by atoms with Gasteiger partial charge in [0.25, 0.3) is 0 Å². The molecule has 21 heavy (non-hydrogen) atoms. The van der Waals surface area contributed by atoms with Crippen LogP contribution in [0.2, 0.25) is 0 Å². The van der Waals surface area contributed by atoms with Gasteiger partial charge in [-0.25, -0.2) is 0 Å². The first-order chi connectivity index (χ1) is 10.3. The summed E-state index contributed by atoms with van der Waals surface area (Å²) in [6.07, 6.45) is 4.99. The highest BCUT2D eigenvalue weighted by Crippen LogP contribution is 2.36. The molecule has 2 aromatic rings. The molecule has 4 heteroatoms. The lowest BCUT2D eigenvalue weighted by atomic mass is 10.1. The summed E-state index contributed by atoms with van der Waals surface area (Å²) in [5, 5.41) is 13.5. The zero-order valence-electron chi connectivity index (χ0n) is 12.6. The highest BCUT2D eigenvalue weighted by Gasteiger charge is 2.27. The van der Waals surface area contributed by atoms with Crippen molar-refractivity contribution in [3.05, 3.63) is 53.3 Å². The molecule has 1 aliphatic carbocycles. The lowest BCUT2D eigenvalue weighted by Gasteiger charge is -2.29. The smallest absolute Gasteiger partial charge is 0.0521 e. The van der Waals surface area contributed by atoms with Crippen molar-refractivity contribution in [2.75, 3.05) is 13.2 Å². The Labute approximate surface area is 126 Å². The van der Waals surface area contributed by atoms with Crippen molar-refractivity contribution in [1.82, 2.24) is 14.7 Å². The van der Waals surface area contributed by atoms with E-state index in [1.165, 1.54) is 23.2 Å². The molecule has 1 N–H and O–H groups in total. The van der Waals surface area contributed by atoms with Gasteiger partial charge in [-0.3, -0.25) is 9.58 Å². The Morgan fingerprint density at radius 1 is 1.33 bits per heavy atom. The van der Waals surface area contributed by atoms with E-state index in [4.69, 9.17) is 0 Å². The Morgan fingerprint density at radius 2 is 2.19 bits per heavy atom. The molecule has 1 unspecified atom stereocenters. The van der Waals surface area contributed by atoms with Crippen molar-refractivity contribution < 1.29 is 5.11 Å². The van der Waals surface area contributed by atoms with Crippen LogP contribution in [0.1, 0.15) is 35.7 Å². The van der Waals surface area contributed by atoms with Gasteiger partial charge < -0.3 is 5.11 Å². The van der Waals surface area contributed by atoms with Gasteiger partial charge in [-0.1, -0.05) is 24.3 Å². The van der Waals surface area contributed by atoms with Crippen LogP contribution in [0.5, 0.6) is 0 Å². The van der Waals surface area contributed by atoms with E-state index in [0.29, 0.717) is 6.04 Å². The summed E-state index contributed by atoms with van der Waals surface area (Å²) in [7, 11) is 1.99. The maximum Gasteiger partial charge on any atom is 0.0521 e. The average molecular weight is 285 g/mol. The average Bonchev–Trinajstić information content (AvgIpc) is 3.10. The number of nitrogens with zero attached hydrogens (tertiary/aromatic N) is 3. The minimum Gasteiger partial charge on any atom is -0.396 e. The summed E-state index contributed by atoms with van der Waals surface area (Å²) in [5.74, 6) is 0. The van der Waals surface area contributed by atoms with Gasteiger partial charge in [0.05, 0.1) is 5.69 Å². The van der Waals surface area contributed by atoms with E-state index in [9.17, 15) is 5.11 Å². The van der Waals surface area contributed by atoms with E-state index in [2.05, 4.69) is 40.3 Å². The minimum absolute atomic E-state index is 0.246. The van der Waals surface area contributed by atoms with Crippen LogP contribution < -0.4 is 0 Å². The Kier molecular flexibility index (Phi) is 4.36. The lowest BCUT2D eigenvalue weighted by Crippen LogP contribution is -2.29. The number of benzene rings is 1. The lowest BCUT2D eigenvalue weighted by molar-refractivity contribution is 0.162. The number of hydrogen-bond acceptors (Lipinski definition) is 3. The second-order valence-electron chi connectivity index (χ2n) is 5.75. The molecular weight excluding hydrogens is 262 g/mol. The van der Waals surface area contributed by atoms with Crippen molar-refractivity contribution in [3.63, 3.8) is 0 Å². The molecular formula is C17H23N3O. The predicted molar refractivity (Wildman–Crippen MR) is 82.8 cm³/mol. The molecule has 0 bridgehead atoms. The maximum atomic E-state index is 9.19. The van der Waals surface area contributed by atoms with E-state index >= 15 is 0 Å². The van der Waals surface area contributed by atoms with Crippen molar-refractivity contribution >= 4 is 0 Å². The molecule has 0 radical (unpaired) electrons. The van der Waals surface area contributed by atoms with Crippen molar-refractivity contribution in [1.29, 1.82) is 0 Å². The molecule has 0 aliphatic heterocycles. The van der Waals surface area contributed by atoms with Gasteiger partial charge in [-0.15, -0.1) is 0 Å². The Morgan fingerprint density at radius 3 is 2.95 bits per heavy atom. The number of fused-ring (bicyclic) bond motifs is 1. The minimum atomic E-state index is 0.246. The van der Waals surface area contributed by atoms with Crippen molar-refractivity contribution in [2.24, 2.45) is 7.05 Å². The second-order valence-corrected chi connectivity index (χ2v) is 5.75. The van der Waals surface area contributed by atoms with Crippen molar-refractivity contribution in [2.45, 2.75) is 31.8 Å². The third-order valence-electron chi connectivity index (χ3n) is 4.43. The molecule has 1 heterocycles. The first-order valence-corrected chi connectivity index (χ1v) is 7.69. The molecule has 0 saturated heterocycles. The fourth-order valence-corrected chi connectivity index (χ4v) is 3.30. The zero-order valence-corrected chi connectivity index (χ0v) is 12.6. The van der Waals surface area contributed by atoms with Gasteiger partial charge in [0.1, 0.15) is 0 Å². The molecule has 112 valence electrons. The summed E-state index contributed by atoms with van der Waals surface area (Å²) >= 11 is 0. The van der Waals surface area contributed by atoms with E-state index in [0.717, 1.165) is 25.9 Å². The topological polar surface area (TPSA) is 41.3 Å². The van der Waals surface area contributed by atoms with Crippen LogP contribution in [-0.2, 0) is 20.0 Å². The largest absolute Gasteiger partial charge is 0.396 e. The number of aliphatic hydroxyl groups is 1. The van der Waals surface area contributed by atoms with Gasteiger partial charge in [-0.05, 0) is 36.5 Å². The molecule has 3 rings (SSSR count). The first kappa shape index (κ1) is 14.3. The summed E-state index contributed by atoms with van der Waals surface area (Å²) in [5.41, 5.74) is 4.15. The monoisotopic (exact) mass is 285 g/mol. The van der Waals surface area contributed by atoms with Crippen LogP contribution in [0.3, 0.4) is 0 Å². The third-order valence-corrected chi connectivity index (χ3v) is 4.43. The molecule has 4 nitrogen and oxygen atoms in total. The molecule has 1 atom stereocenters. The number of aryl methyl sites for hydroxylation is 2. The number of aliphatic hydroxyl groups excluding tert-OH is 1. The fraction of sp³-hybridized carbons (Fsp3) is 0.471. The van der Waals surface area contributed by atoms with Crippen molar-refractivity contribution in [3.8, 4) is 0 Å². The maximum absolute atomic E-state index is 9.19. The Hall–Kier alpha value is -1.65. The Balaban J connectivity index is 1.81. The molecule has 1 aliphatic rings. The Bertz CT molecular complexity index is 593. The molecule has 0 amide bonds. The van der Waals surface area contributed by atoms with Crippen LogP contribution in [0.25, 0.3) is 0 Å². The molecule has 1 aromatic heterocycles. The summed E-state index contributed by atoms with van der Waals surface area (Å²) in [6.45, 7) is 2.05. The standard InChI is InChI=1S/C17H23N3O/c1-19-15(9-10-18-19)13-20(11-4-12-21)17-8-7-14-5-2-3-6-16(14)17/h2-3,5-6,9-10,17,21H,4,7-8,11-13H2,1H3. The predicted octanol–water partition coefficient (Wildman–Crippen LogP) is 2.29. The number of aromatic nitrogens is 2. The summed E-state index contributed by atoms with van der Waals surface area (Å²) < 4.78 is 1.94. The summed E-state index contributed by atoms with van der Waals surface area (Å²) in [6, 6.07) is 11.3. The van der Waals surface area contributed by atoms with Crippen LogP contribution in [0.4, 0.5) is 0 Å². The normalized spacial score (nSPS) is 17.4. The summed E-state index contributed by atoms with van der Waals surface area (Å²) in [4.78, 5) is 2.49. The van der Waals surface area contributed by atoms with Gasteiger partial charge in [-0.2, -0.15) is 5.10 Å². The highest BCUT2D eigenvalue weighted by molar-refractivity contribution is 5.34. The molecule has 0 saturated carbocycles. The molecule has 1 aromatic carbocycles. The number of rotatable bonds is 6. The van der Waals surface area contributed by atoms with Gasteiger partial charge >= 0.3 is 0 Å². The fourth-order valence-electron chi connectivity index (χ4n) is 3.30. The zero-order chi connectivity index (χ0) is 14.7. The van der Waals surface area contributed by atoms with Gasteiger partial charge in [0.2, 0.25) is 0 Å². The van der Waals surface area contributed by atoms with Gasteiger partial charge in [0.15, 0.2) is 0 Å². The molecule has 0 fully saturated rings. The van der Waals surface area contributed by atoms with Crippen LogP contribution in [0, 0.1) is 0 Å². The van der Waals surface area contributed by atoms with E-state index in [1.54, 1.807) is 0 Å². The SMILES string of the molecule is Cn1nccc1CN(CCCO)C1CCc2ccccc21. The van der Waals surface area contributed by atoms with Gasteiger partial charge in [0, 0.05) is 39.0 Å². The van der Waals surface area contributed by atoms with E-state index < -0.39 is 0 Å². The van der Waals surface area contributed by atoms with Crippen LogP contribution >= 0.6 is 0 Å². The second kappa shape index (κ2) is 6.41. The quantitative estimate of drug-likeness (QED) is 0.885. The van der Waals surface area contributed by atoms with E-state index in [-0.39, 0.29) is 6.61 Å². The van der Waals surface area contributed by atoms with E-state index in [1.807, 2.05) is 17.9 Å². The molecule has 0 spiro atoms. The van der Waals surface area contributed by atoms with Crippen LogP contribution in [-0.4, -0.2) is 32.9 Å².